The zero-order valence-corrected chi connectivity index (χ0v) is 35.2. The third-order valence-corrected chi connectivity index (χ3v) is 14.0. The minimum absolute atomic E-state index is 0.0215. The van der Waals surface area contributed by atoms with Gasteiger partial charge in [-0.25, -0.2) is 0 Å². The summed E-state index contributed by atoms with van der Waals surface area (Å²) in [4.78, 5) is 12.4. The van der Waals surface area contributed by atoms with Crippen molar-refractivity contribution in [1.82, 2.24) is 0 Å². The van der Waals surface area contributed by atoms with E-state index in [1.54, 1.807) is 0 Å². The Morgan fingerprint density at radius 2 is 1.42 bits per heavy atom. The molecule has 0 spiro atoms. The maximum Gasteiger partial charge on any atom is 0.308 e. The summed E-state index contributed by atoms with van der Waals surface area (Å²) in [6.07, 6.45) is 13.5. The van der Waals surface area contributed by atoms with Crippen LogP contribution in [0.15, 0.2) is 30.3 Å². The zero-order valence-electron chi connectivity index (χ0n) is 35.2. The summed E-state index contributed by atoms with van der Waals surface area (Å²) in [7, 11) is 0. The van der Waals surface area contributed by atoms with Crippen LogP contribution in [0.4, 0.5) is 0 Å². The first kappa shape index (κ1) is 40.0. The summed E-state index contributed by atoms with van der Waals surface area (Å²) >= 11 is 0. The third kappa shape index (κ3) is 7.40. The molecule has 2 fully saturated rings. The fourth-order valence-corrected chi connectivity index (χ4v) is 11.5. The number of hydrogen-bond donors (Lipinski definition) is 0. The van der Waals surface area contributed by atoms with Crippen LogP contribution in [0.3, 0.4) is 0 Å². The lowest BCUT2D eigenvalue weighted by molar-refractivity contribution is -0.132. The van der Waals surface area contributed by atoms with E-state index in [9.17, 15) is 4.79 Å². The molecule has 5 heteroatoms. The summed E-state index contributed by atoms with van der Waals surface area (Å²) in [6.45, 7) is 29.2. The van der Waals surface area contributed by atoms with E-state index in [4.69, 9.17) is 18.9 Å². The van der Waals surface area contributed by atoms with E-state index in [0.717, 1.165) is 50.0 Å². The molecule has 0 bridgehead atoms. The molecule has 53 heavy (non-hydrogen) atoms. The molecule has 0 radical (unpaired) electrons. The molecular weight excluding hydrogens is 657 g/mol. The van der Waals surface area contributed by atoms with Crippen molar-refractivity contribution in [2.45, 2.75) is 169 Å². The van der Waals surface area contributed by atoms with E-state index in [1.165, 1.54) is 54.0 Å². The molecule has 0 aliphatic heterocycles. The highest BCUT2D eigenvalue weighted by atomic mass is 16.6. The number of benzene rings is 2. The molecule has 0 aromatic heterocycles. The van der Waals surface area contributed by atoms with Crippen molar-refractivity contribution in [3.63, 3.8) is 0 Å². The first-order chi connectivity index (χ1) is 24.9. The van der Waals surface area contributed by atoms with Gasteiger partial charge in [-0.15, -0.1) is 0 Å². The Bertz CT molecular complexity index is 1680. The number of fused-ring (bicyclic) bond motifs is 6. The molecule has 2 saturated carbocycles. The van der Waals surface area contributed by atoms with Gasteiger partial charge in [-0.05, 0) is 129 Å². The Morgan fingerprint density at radius 3 is 2.08 bits per heavy atom. The minimum Gasteiger partial charge on any atom is -0.487 e. The molecular formula is C48H70O5. The van der Waals surface area contributed by atoms with Gasteiger partial charge < -0.3 is 18.9 Å². The van der Waals surface area contributed by atoms with Crippen LogP contribution >= 0.6 is 0 Å². The SMILES string of the molecule is CCCCOCCO[C@H]1c2cc(C(C)C)c(OC(C)=O)cc2[C@@]2(C)CCCC(C)(C)C2[C@H]1Oc1cc2c(cc1C(C)C)C=C[C@H]1C(C)(C)CCC[C@]21C. The van der Waals surface area contributed by atoms with E-state index in [0.29, 0.717) is 30.8 Å². The topological polar surface area (TPSA) is 54.0 Å². The van der Waals surface area contributed by atoms with Crippen LogP contribution in [-0.2, 0) is 25.1 Å². The molecule has 2 aromatic carbocycles. The van der Waals surface area contributed by atoms with E-state index in [-0.39, 0.29) is 51.7 Å². The molecule has 0 amide bonds. The monoisotopic (exact) mass is 727 g/mol. The van der Waals surface area contributed by atoms with Gasteiger partial charge in [-0.3, -0.25) is 4.79 Å². The van der Waals surface area contributed by atoms with Crippen LogP contribution in [0.25, 0.3) is 6.08 Å². The van der Waals surface area contributed by atoms with Gasteiger partial charge in [0, 0.05) is 19.4 Å². The Morgan fingerprint density at radius 1 is 0.774 bits per heavy atom. The lowest BCUT2D eigenvalue weighted by Gasteiger charge is -2.58. The zero-order chi connectivity index (χ0) is 38.5. The predicted molar refractivity (Wildman–Crippen MR) is 217 cm³/mol. The fraction of sp³-hybridized carbons (Fsp3) is 0.688. The first-order valence-corrected chi connectivity index (χ1v) is 21.0. The fourth-order valence-electron chi connectivity index (χ4n) is 11.5. The summed E-state index contributed by atoms with van der Waals surface area (Å²) in [5.41, 5.74) is 7.58. The average molecular weight is 727 g/mol. The highest BCUT2D eigenvalue weighted by Gasteiger charge is 2.59. The van der Waals surface area contributed by atoms with Gasteiger partial charge in [0.05, 0.1) is 13.2 Å². The number of unbranched alkanes of at least 4 members (excludes halogenated alkanes) is 1. The highest BCUT2D eigenvalue weighted by molar-refractivity contribution is 5.70. The number of allylic oxidation sites excluding steroid dienone is 1. The first-order valence-electron chi connectivity index (χ1n) is 21.0. The summed E-state index contributed by atoms with van der Waals surface area (Å²) in [5, 5.41) is 0. The highest BCUT2D eigenvalue weighted by Crippen LogP contribution is 2.62. The minimum atomic E-state index is -0.313. The molecule has 1 unspecified atom stereocenters. The van der Waals surface area contributed by atoms with Gasteiger partial charge in [0.2, 0.25) is 0 Å². The second kappa shape index (κ2) is 15.1. The standard InChI is InChI=1S/C48H70O5/c1-13-14-23-50-24-25-51-42-36-27-35(31(4)5)39(52-32(6)49)29-38(36)48(12)22-16-20-46(9,10)44(48)43(42)53-40-28-37-33(26-34(40)30(2)3)17-18-41-45(7,8)19-15-21-47(37,41)11/h17-18,26-31,41-44H,13-16,19-25H2,1-12H3/t41-,42-,43-,44?,47+,48+/m0/s1. The summed E-state index contributed by atoms with van der Waals surface area (Å²) in [6, 6.07) is 9.38. The van der Waals surface area contributed by atoms with Crippen LogP contribution in [0.2, 0.25) is 0 Å². The number of rotatable bonds is 12. The third-order valence-electron chi connectivity index (χ3n) is 14.0. The van der Waals surface area contributed by atoms with Gasteiger partial charge in [0.25, 0.3) is 0 Å². The van der Waals surface area contributed by atoms with Crippen molar-refractivity contribution in [2.75, 3.05) is 19.8 Å². The Labute approximate surface area is 322 Å². The molecule has 6 rings (SSSR count). The van der Waals surface area contributed by atoms with Gasteiger partial charge in [-0.1, -0.05) is 108 Å². The molecule has 2 aromatic rings. The van der Waals surface area contributed by atoms with Crippen molar-refractivity contribution in [3.8, 4) is 11.5 Å². The van der Waals surface area contributed by atoms with Crippen molar-refractivity contribution >= 4 is 12.0 Å². The van der Waals surface area contributed by atoms with Gasteiger partial charge in [0.15, 0.2) is 0 Å². The van der Waals surface area contributed by atoms with Gasteiger partial charge >= 0.3 is 5.97 Å². The van der Waals surface area contributed by atoms with E-state index < -0.39 is 0 Å². The molecule has 4 aliphatic rings. The Hall–Kier alpha value is -2.63. The average Bonchev–Trinajstić information content (AvgIpc) is 3.06. The number of carbonyl (C=O) groups excluding carboxylic acids is 1. The van der Waals surface area contributed by atoms with Crippen LogP contribution < -0.4 is 9.47 Å². The molecule has 4 aliphatic carbocycles. The number of carbonyl (C=O) groups is 1. The largest absolute Gasteiger partial charge is 0.487 e. The van der Waals surface area contributed by atoms with Crippen molar-refractivity contribution in [2.24, 2.45) is 22.7 Å². The predicted octanol–water partition coefficient (Wildman–Crippen LogP) is 12.4. The molecule has 0 heterocycles. The maximum atomic E-state index is 12.4. The Balaban J connectivity index is 1.53. The van der Waals surface area contributed by atoms with Crippen LogP contribution in [-0.4, -0.2) is 31.9 Å². The second-order valence-electron chi connectivity index (χ2n) is 19.5. The molecule has 6 atom stereocenters. The van der Waals surface area contributed by atoms with Crippen molar-refractivity contribution in [3.05, 3.63) is 63.7 Å². The lowest BCUT2D eigenvalue weighted by Crippen LogP contribution is -2.58. The van der Waals surface area contributed by atoms with E-state index in [1.807, 2.05) is 0 Å². The second-order valence-corrected chi connectivity index (χ2v) is 19.5. The van der Waals surface area contributed by atoms with Crippen molar-refractivity contribution in [1.29, 1.82) is 0 Å². The quantitative estimate of drug-likeness (QED) is 0.124. The van der Waals surface area contributed by atoms with Crippen LogP contribution in [0.1, 0.15) is 186 Å². The van der Waals surface area contributed by atoms with Gasteiger partial charge in [0.1, 0.15) is 23.7 Å². The number of ether oxygens (including phenoxy) is 4. The molecule has 0 saturated heterocycles. The van der Waals surface area contributed by atoms with Crippen molar-refractivity contribution < 1.29 is 23.7 Å². The smallest absolute Gasteiger partial charge is 0.308 e. The van der Waals surface area contributed by atoms with E-state index >= 15 is 0 Å². The number of esters is 1. The summed E-state index contributed by atoms with van der Waals surface area (Å²) < 4.78 is 26.9. The molecule has 0 N–H and O–H groups in total. The summed E-state index contributed by atoms with van der Waals surface area (Å²) in [5.74, 6) is 2.51. The van der Waals surface area contributed by atoms with Crippen LogP contribution in [0.5, 0.6) is 11.5 Å². The van der Waals surface area contributed by atoms with E-state index in [2.05, 4.69) is 113 Å². The maximum absolute atomic E-state index is 12.4. The normalized spacial score (nSPS) is 29.6. The van der Waals surface area contributed by atoms with Gasteiger partial charge in [-0.2, -0.15) is 0 Å². The Kier molecular flexibility index (Phi) is 11.4. The molecule has 5 nitrogen and oxygen atoms in total. The number of hydrogen-bond acceptors (Lipinski definition) is 5. The van der Waals surface area contributed by atoms with Crippen LogP contribution in [0, 0.1) is 22.7 Å². The lowest BCUT2D eigenvalue weighted by atomic mass is 9.48. The molecule has 292 valence electrons.